The van der Waals surface area contributed by atoms with E-state index in [1.807, 2.05) is 45.0 Å². The van der Waals surface area contributed by atoms with Gasteiger partial charge in [-0.3, -0.25) is 5.41 Å². The normalized spacial score (nSPS) is 11.5. The molecular weight excluding hydrogens is 363 g/mol. The van der Waals surface area contributed by atoms with E-state index >= 15 is 0 Å². The van der Waals surface area contributed by atoms with Crippen molar-refractivity contribution in [2.24, 2.45) is 4.99 Å². The summed E-state index contributed by atoms with van der Waals surface area (Å²) in [7, 11) is 0. The van der Waals surface area contributed by atoms with E-state index in [1.165, 1.54) is 23.7 Å². The Bertz CT molecular complexity index is 1020. The minimum Gasteiger partial charge on any atom is -0.494 e. The molecule has 140 valence electrons. The molecule has 0 fully saturated rings. The van der Waals surface area contributed by atoms with Gasteiger partial charge in [-0.25, -0.2) is 13.3 Å². The number of rotatable bonds is 4. The Labute approximate surface area is 161 Å². The fourth-order valence-electron chi connectivity index (χ4n) is 2.50. The second kappa shape index (κ2) is 8.18. The van der Waals surface area contributed by atoms with Crippen LogP contribution in [0.25, 0.3) is 0 Å². The van der Waals surface area contributed by atoms with Crippen LogP contribution in [0, 0.1) is 25.1 Å². The number of hydrogen-bond donors (Lipinski definition) is 2. The first-order valence-electron chi connectivity index (χ1n) is 8.56. The summed E-state index contributed by atoms with van der Waals surface area (Å²) in [5, 5.41) is 11.4. The number of aromatic nitrogens is 1. The Balaban J connectivity index is 2.02. The van der Waals surface area contributed by atoms with Gasteiger partial charge in [0, 0.05) is 10.6 Å². The summed E-state index contributed by atoms with van der Waals surface area (Å²) in [5.41, 5.74) is 2.47. The van der Waals surface area contributed by atoms with Crippen LogP contribution < -0.4 is 15.5 Å². The number of anilines is 1. The van der Waals surface area contributed by atoms with Crippen molar-refractivity contribution in [3.63, 3.8) is 0 Å². The second-order valence-corrected chi connectivity index (χ2v) is 7.17. The molecule has 0 bridgehead atoms. The standard InChI is InChI=1S/C20H21FN4OS/c1-4-26-17-9-7-16(8-10-17)23-20(25-19(22)11-14(3)27-25)24-18-12-15(21)6-5-13(18)2/h5-12,22H,4H2,1-3H3,(H,23,24). The molecule has 0 saturated carbocycles. The van der Waals surface area contributed by atoms with Gasteiger partial charge in [0.25, 0.3) is 0 Å². The van der Waals surface area contributed by atoms with Crippen LogP contribution >= 0.6 is 11.5 Å². The second-order valence-electron chi connectivity index (χ2n) is 5.97. The van der Waals surface area contributed by atoms with Crippen molar-refractivity contribution < 1.29 is 9.13 Å². The van der Waals surface area contributed by atoms with Crippen molar-refractivity contribution in [2.75, 3.05) is 11.9 Å². The SMILES string of the molecule is CCOc1ccc(NC(=Nc2cc(F)ccc2C)n2sc(C)cc2=N)cc1. The van der Waals surface area contributed by atoms with Crippen LogP contribution in [0.4, 0.5) is 15.8 Å². The molecule has 2 aromatic carbocycles. The predicted octanol–water partition coefficient (Wildman–Crippen LogP) is 4.83. The molecule has 0 aliphatic rings. The average molecular weight is 384 g/mol. The summed E-state index contributed by atoms with van der Waals surface area (Å²) in [6, 6.07) is 13.7. The first-order chi connectivity index (χ1) is 13.0. The van der Waals surface area contributed by atoms with Gasteiger partial charge in [0.1, 0.15) is 17.1 Å². The van der Waals surface area contributed by atoms with Crippen LogP contribution in [-0.4, -0.2) is 16.5 Å². The topological polar surface area (TPSA) is 62.4 Å². The zero-order valence-electron chi connectivity index (χ0n) is 15.4. The Kier molecular flexibility index (Phi) is 5.71. The third kappa shape index (κ3) is 4.62. The number of aliphatic imine (C=N–C) groups is 1. The minimum absolute atomic E-state index is 0.309. The highest BCUT2D eigenvalue weighted by molar-refractivity contribution is 7.07. The molecule has 0 amide bonds. The number of ether oxygens (including phenoxy) is 1. The summed E-state index contributed by atoms with van der Waals surface area (Å²) < 4.78 is 20.8. The molecule has 0 radical (unpaired) electrons. The molecule has 3 aromatic rings. The van der Waals surface area contributed by atoms with Gasteiger partial charge in [0.05, 0.1) is 12.3 Å². The molecule has 0 spiro atoms. The van der Waals surface area contributed by atoms with Gasteiger partial charge >= 0.3 is 0 Å². The van der Waals surface area contributed by atoms with Gasteiger partial charge < -0.3 is 10.1 Å². The fraction of sp³-hybridized carbons (Fsp3) is 0.200. The summed E-state index contributed by atoms with van der Waals surface area (Å²) in [5.74, 6) is 0.873. The van der Waals surface area contributed by atoms with E-state index in [1.54, 1.807) is 16.1 Å². The molecule has 0 saturated heterocycles. The lowest BCUT2D eigenvalue weighted by Crippen LogP contribution is -2.28. The molecule has 5 nitrogen and oxygen atoms in total. The molecule has 1 aromatic heterocycles. The van der Waals surface area contributed by atoms with Gasteiger partial charge in [-0.15, -0.1) is 0 Å². The molecule has 0 unspecified atom stereocenters. The summed E-state index contributed by atoms with van der Waals surface area (Å²) in [4.78, 5) is 5.59. The lowest BCUT2D eigenvalue weighted by Gasteiger charge is -2.12. The summed E-state index contributed by atoms with van der Waals surface area (Å²) in [6.45, 7) is 6.34. The van der Waals surface area contributed by atoms with Gasteiger partial charge in [-0.2, -0.15) is 0 Å². The Morgan fingerprint density at radius 3 is 2.56 bits per heavy atom. The summed E-state index contributed by atoms with van der Waals surface area (Å²) >= 11 is 1.40. The third-order valence-electron chi connectivity index (χ3n) is 3.81. The first kappa shape index (κ1) is 18.8. The lowest BCUT2D eigenvalue weighted by molar-refractivity contribution is 0.340. The lowest BCUT2D eigenvalue weighted by atomic mass is 10.2. The molecule has 2 N–H and O–H groups in total. The van der Waals surface area contributed by atoms with Crippen LogP contribution in [0.1, 0.15) is 17.4 Å². The highest BCUT2D eigenvalue weighted by atomic mass is 32.1. The summed E-state index contributed by atoms with van der Waals surface area (Å²) in [6.07, 6.45) is 0. The monoisotopic (exact) mass is 384 g/mol. The number of hydrogen-bond acceptors (Lipinski definition) is 4. The Morgan fingerprint density at radius 1 is 1.19 bits per heavy atom. The van der Waals surface area contributed by atoms with Crippen molar-refractivity contribution >= 4 is 28.9 Å². The largest absolute Gasteiger partial charge is 0.494 e. The maximum absolute atomic E-state index is 13.7. The number of halogens is 1. The molecule has 7 heteroatoms. The molecule has 0 aliphatic heterocycles. The average Bonchev–Trinajstić information content (AvgIpc) is 2.97. The number of nitrogens with zero attached hydrogens (tertiary/aromatic N) is 2. The van der Waals surface area contributed by atoms with E-state index in [-0.39, 0.29) is 5.82 Å². The van der Waals surface area contributed by atoms with Crippen molar-refractivity contribution in [1.29, 1.82) is 5.41 Å². The maximum atomic E-state index is 13.7. The van der Waals surface area contributed by atoms with Crippen molar-refractivity contribution in [3.8, 4) is 5.75 Å². The highest BCUT2D eigenvalue weighted by Gasteiger charge is 2.10. The number of nitrogens with one attached hydrogen (secondary N) is 2. The van der Waals surface area contributed by atoms with E-state index in [0.717, 1.165) is 21.9 Å². The minimum atomic E-state index is -0.349. The van der Waals surface area contributed by atoms with E-state index in [4.69, 9.17) is 10.1 Å². The van der Waals surface area contributed by atoms with Gasteiger partial charge in [-0.1, -0.05) is 17.6 Å². The van der Waals surface area contributed by atoms with Crippen LogP contribution in [0.3, 0.4) is 0 Å². The molecule has 3 rings (SSSR count). The van der Waals surface area contributed by atoms with E-state index in [2.05, 4.69) is 10.3 Å². The number of aryl methyl sites for hydroxylation is 2. The van der Waals surface area contributed by atoms with Crippen molar-refractivity contribution in [3.05, 3.63) is 70.3 Å². The zero-order chi connectivity index (χ0) is 19.4. The first-order valence-corrected chi connectivity index (χ1v) is 9.33. The quantitative estimate of drug-likeness (QED) is 0.500. The highest BCUT2D eigenvalue weighted by Crippen LogP contribution is 2.22. The zero-order valence-corrected chi connectivity index (χ0v) is 16.2. The van der Waals surface area contributed by atoms with E-state index < -0.39 is 0 Å². The van der Waals surface area contributed by atoms with Crippen LogP contribution in [-0.2, 0) is 0 Å². The maximum Gasteiger partial charge on any atom is 0.223 e. The molecule has 0 atom stereocenters. The smallest absolute Gasteiger partial charge is 0.223 e. The van der Waals surface area contributed by atoms with Crippen LogP contribution in [0.5, 0.6) is 5.75 Å². The van der Waals surface area contributed by atoms with Crippen LogP contribution in [0.15, 0.2) is 53.5 Å². The number of benzene rings is 2. The van der Waals surface area contributed by atoms with Gasteiger partial charge in [-0.05, 0) is 68.8 Å². The van der Waals surface area contributed by atoms with Crippen molar-refractivity contribution in [1.82, 2.24) is 3.96 Å². The molecule has 27 heavy (non-hydrogen) atoms. The Morgan fingerprint density at radius 2 is 1.93 bits per heavy atom. The van der Waals surface area contributed by atoms with Gasteiger partial charge in [0.15, 0.2) is 0 Å². The predicted molar refractivity (Wildman–Crippen MR) is 108 cm³/mol. The third-order valence-corrected chi connectivity index (χ3v) is 4.76. The molecule has 1 heterocycles. The van der Waals surface area contributed by atoms with Crippen LogP contribution in [0.2, 0.25) is 0 Å². The Hall–Kier alpha value is -2.93. The van der Waals surface area contributed by atoms with Gasteiger partial charge in [0.2, 0.25) is 5.96 Å². The van der Waals surface area contributed by atoms with E-state index in [0.29, 0.717) is 23.7 Å². The molecular formula is C20H21FN4OS. The van der Waals surface area contributed by atoms with Crippen molar-refractivity contribution in [2.45, 2.75) is 20.8 Å². The van der Waals surface area contributed by atoms with E-state index in [9.17, 15) is 4.39 Å². The molecule has 0 aliphatic carbocycles. The fourth-order valence-corrected chi connectivity index (χ4v) is 3.28.